The fourth-order valence-corrected chi connectivity index (χ4v) is 0.749. The second-order valence-electron chi connectivity index (χ2n) is 2.74. The van der Waals surface area contributed by atoms with Gasteiger partial charge in [0.1, 0.15) is 0 Å². The van der Waals surface area contributed by atoms with Gasteiger partial charge in [-0.15, -0.1) is 0 Å². The summed E-state index contributed by atoms with van der Waals surface area (Å²) < 4.78 is 20.2. The van der Waals surface area contributed by atoms with E-state index in [4.69, 9.17) is 29.3 Å². The van der Waals surface area contributed by atoms with E-state index in [9.17, 15) is 0 Å². The van der Waals surface area contributed by atoms with Crippen molar-refractivity contribution in [2.45, 2.75) is 0 Å². The summed E-state index contributed by atoms with van der Waals surface area (Å²) in [5, 5.41) is 15.5. The van der Waals surface area contributed by atoms with Gasteiger partial charge < -0.3 is 24.1 Å². The second kappa shape index (κ2) is 21.1. The third-order valence-electron chi connectivity index (χ3n) is 1.41. The number of hydrogen-bond donors (Lipinski definition) is 2. The number of aliphatic hydroxyl groups is 1. The molecule has 0 bridgehead atoms. The standard InChI is InChI=1S/C9H20O5.CH4O2/c1-11-4-5-13-8-9-14-7-6-12-3-2-10;1-3-2/h10H,2-9H2,1H3;2H,1H3. The summed E-state index contributed by atoms with van der Waals surface area (Å²) in [5.41, 5.74) is 0. The van der Waals surface area contributed by atoms with Crippen molar-refractivity contribution in [2.24, 2.45) is 0 Å². The van der Waals surface area contributed by atoms with Crippen LogP contribution in [0.1, 0.15) is 0 Å². The molecule has 2 N–H and O–H groups in total. The van der Waals surface area contributed by atoms with Gasteiger partial charge in [-0.25, -0.2) is 4.89 Å². The highest BCUT2D eigenvalue weighted by Crippen LogP contribution is 1.81. The van der Waals surface area contributed by atoms with E-state index in [0.717, 1.165) is 0 Å². The number of ether oxygens (including phenoxy) is 4. The van der Waals surface area contributed by atoms with Crippen LogP contribution in [0.3, 0.4) is 0 Å². The van der Waals surface area contributed by atoms with Crippen LogP contribution in [0, 0.1) is 0 Å². The van der Waals surface area contributed by atoms with E-state index < -0.39 is 0 Å². The van der Waals surface area contributed by atoms with Crippen LogP contribution >= 0.6 is 0 Å². The van der Waals surface area contributed by atoms with Crippen molar-refractivity contribution in [1.82, 2.24) is 0 Å². The van der Waals surface area contributed by atoms with Crippen LogP contribution in [0.2, 0.25) is 0 Å². The summed E-state index contributed by atoms with van der Waals surface area (Å²) >= 11 is 0. The highest BCUT2D eigenvalue weighted by Gasteiger charge is 1.90. The lowest BCUT2D eigenvalue weighted by atomic mass is 10.7. The van der Waals surface area contributed by atoms with E-state index in [2.05, 4.69) is 4.89 Å². The fourth-order valence-electron chi connectivity index (χ4n) is 0.749. The maximum atomic E-state index is 8.39. The first-order chi connectivity index (χ1) is 8.33. The van der Waals surface area contributed by atoms with Crippen LogP contribution in [0.15, 0.2) is 0 Å². The summed E-state index contributed by atoms with van der Waals surface area (Å²) in [6.07, 6.45) is 0. The predicted octanol–water partition coefficient (Wildman–Crippen LogP) is -0.219. The van der Waals surface area contributed by atoms with Gasteiger partial charge >= 0.3 is 0 Å². The molecule has 0 atom stereocenters. The molecule has 0 aromatic rings. The van der Waals surface area contributed by atoms with Gasteiger partial charge in [-0.05, 0) is 0 Å². The maximum absolute atomic E-state index is 8.39. The zero-order valence-corrected chi connectivity index (χ0v) is 10.6. The zero-order valence-electron chi connectivity index (χ0n) is 10.6. The summed E-state index contributed by atoms with van der Waals surface area (Å²) in [4.78, 5) is 3.25. The van der Waals surface area contributed by atoms with Gasteiger partial charge in [0, 0.05) is 7.11 Å². The Morgan fingerprint density at radius 2 is 1.06 bits per heavy atom. The first-order valence-electron chi connectivity index (χ1n) is 5.34. The third-order valence-corrected chi connectivity index (χ3v) is 1.41. The van der Waals surface area contributed by atoms with E-state index in [1.165, 1.54) is 7.11 Å². The van der Waals surface area contributed by atoms with Gasteiger partial charge in [-0.2, -0.15) is 0 Å². The molecule has 0 radical (unpaired) electrons. The molecule has 0 spiro atoms. The van der Waals surface area contributed by atoms with Gasteiger partial charge in [0.25, 0.3) is 0 Å². The van der Waals surface area contributed by atoms with Gasteiger partial charge in [-0.1, -0.05) is 0 Å². The van der Waals surface area contributed by atoms with Crippen molar-refractivity contribution in [3.8, 4) is 0 Å². The molecule has 7 heteroatoms. The molecule has 7 nitrogen and oxygen atoms in total. The first-order valence-corrected chi connectivity index (χ1v) is 5.34. The quantitative estimate of drug-likeness (QED) is 0.300. The van der Waals surface area contributed by atoms with Crippen molar-refractivity contribution >= 4 is 0 Å². The minimum Gasteiger partial charge on any atom is -0.394 e. The molecule has 0 unspecified atom stereocenters. The smallest absolute Gasteiger partial charge is 0.0710 e. The summed E-state index contributed by atoms with van der Waals surface area (Å²) in [6.45, 7) is 3.82. The molecular formula is C10H24O7. The highest BCUT2D eigenvalue weighted by molar-refractivity contribution is 4.33. The van der Waals surface area contributed by atoms with Crippen molar-refractivity contribution in [2.75, 3.05) is 67.1 Å². The topological polar surface area (TPSA) is 86.6 Å². The molecular weight excluding hydrogens is 232 g/mol. The molecule has 0 amide bonds. The van der Waals surface area contributed by atoms with Gasteiger partial charge in [0.15, 0.2) is 0 Å². The van der Waals surface area contributed by atoms with E-state index >= 15 is 0 Å². The Kier molecular flexibility index (Phi) is 23.6. The average molecular weight is 256 g/mol. The first kappa shape index (κ1) is 19.1. The maximum Gasteiger partial charge on any atom is 0.0710 e. The minimum atomic E-state index is 0.0557. The van der Waals surface area contributed by atoms with Gasteiger partial charge in [0.05, 0.1) is 60.0 Å². The van der Waals surface area contributed by atoms with Crippen LogP contribution in [0.5, 0.6) is 0 Å². The Balaban J connectivity index is 0. The molecule has 0 aromatic carbocycles. The van der Waals surface area contributed by atoms with E-state index in [-0.39, 0.29) is 6.61 Å². The molecule has 0 aliphatic heterocycles. The van der Waals surface area contributed by atoms with Crippen molar-refractivity contribution < 1.29 is 34.2 Å². The molecule has 0 rings (SSSR count). The van der Waals surface area contributed by atoms with Crippen molar-refractivity contribution in [3.05, 3.63) is 0 Å². The second-order valence-corrected chi connectivity index (χ2v) is 2.74. The number of aliphatic hydroxyl groups excluding tert-OH is 1. The summed E-state index contributed by atoms with van der Waals surface area (Å²) in [7, 11) is 2.82. The Morgan fingerprint density at radius 3 is 1.41 bits per heavy atom. The molecule has 17 heavy (non-hydrogen) atoms. The van der Waals surface area contributed by atoms with E-state index in [1.54, 1.807) is 7.11 Å². The van der Waals surface area contributed by atoms with Crippen molar-refractivity contribution in [3.63, 3.8) is 0 Å². The van der Waals surface area contributed by atoms with Gasteiger partial charge in [0.2, 0.25) is 0 Å². The Labute approximate surface area is 102 Å². The lowest BCUT2D eigenvalue weighted by Crippen LogP contribution is -2.12. The molecule has 0 fully saturated rings. The van der Waals surface area contributed by atoms with E-state index in [0.29, 0.717) is 46.2 Å². The zero-order chi connectivity index (χ0) is 13.2. The molecule has 106 valence electrons. The Hall–Kier alpha value is -0.280. The van der Waals surface area contributed by atoms with Crippen LogP contribution < -0.4 is 0 Å². The molecule has 0 heterocycles. The number of methoxy groups -OCH3 is 1. The van der Waals surface area contributed by atoms with Gasteiger partial charge in [-0.3, -0.25) is 5.26 Å². The molecule has 0 aliphatic carbocycles. The van der Waals surface area contributed by atoms with E-state index in [1.807, 2.05) is 0 Å². The van der Waals surface area contributed by atoms with Crippen LogP contribution in [0.25, 0.3) is 0 Å². The Bertz CT molecular complexity index is 101. The largest absolute Gasteiger partial charge is 0.394 e. The third kappa shape index (κ3) is 25.7. The molecule has 0 saturated carbocycles. The normalized spacial score (nSPS) is 9.88. The predicted molar refractivity (Wildman–Crippen MR) is 61.1 cm³/mol. The number of rotatable bonds is 11. The van der Waals surface area contributed by atoms with Crippen LogP contribution in [-0.4, -0.2) is 77.4 Å². The SMILES string of the molecule is COCCOCCOCCOCCO.COO. The minimum absolute atomic E-state index is 0.0557. The molecule has 0 aliphatic rings. The van der Waals surface area contributed by atoms with Crippen LogP contribution in [-0.2, 0) is 23.8 Å². The van der Waals surface area contributed by atoms with Crippen molar-refractivity contribution in [1.29, 1.82) is 0 Å². The molecule has 0 aromatic heterocycles. The average Bonchev–Trinajstić information content (AvgIpc) is 2.33. The lowest BCUT2D eigenvalue weighted by molar-refractivity contribution is -0.214. The summed E-state index contributed by atoms with van der Waals surface area (Å²) in [6, 6.07) is 0. The number of hydrogen-bond acceptors (Lipinski definition) is 7. The highest BCUT2D eigenvalue weighted by atomic mass is 17.1. The Morgan fingerprint density at radius 1 is 0.706 bits per heavy atom. The molecule has 0 saturated heterocycles. The summed E-state index contributed by atoms with van der Waals surface area (Å²) in [5.74, 6) is 0. The fraction of sp³-hybridized carbons (Fsp3) is 1.00. The van der Waals surface area contributed by atoms with Crippen LogP contribution in [0.4, 0.5) is 0 Å². The lowest BCUT2D eigenvalue weighted by Gasteiger charge is -2.05. The monoisotopic (exact) mass is 256 g/mol.